The van der Waals surface area contributed by atoms with Crippen LogP contribution in [0.2, 0.25) is 0 Å². The zero-order valence-corrected chi connectivity index (χ0v) is 25.9. The van der Waals surface area contributed by atoms with Crippen LogP contribution in [-0.2, 0) is 25.7 Å². The van der Waals surface area contributed by atoms with Crippen molar-refractivity contribution >= 4 is 0 Å². The van der Waals surface area contributed by atoms with Gasteiger partial charge in [-0.3, -0.25) is 0 Å². The van der Waals surface area contributed by atoms with Crippen LogP contribution in [0.4, 0.5) is 0 Å². The van der Waals surface area contributed by atoms with Gasteiger partial charge in [-0.05, 0) is 90.8 Å². The van der Waals surface area contributed by atoms with Gasteiger partial charge in [-0.25, -0.2) is 0 Å². The summed E-state index contributed by atoms with van der Waals surface area (Å²) in [6.45, 7) is 9.31. The van der Waals surface area contributed by atoms with Crippen molar-refractivity contribution in [1.82, 2.24) is 0 Å². The maximum absolute atomic E-state index is 4.10. The van der Waals surface area contributed by atoms with Crippen molar-refractivity contribution < 1.29 is 0 Å². The number of hydrogen-bond acceptors (Lipinski definition) is 0. The molecule has 0 nitrogen and oxygen atoms in total. The van der Waals surface area contributed by atoms with Gasteiger partial charge in [0.25, 0.3) is 0 Å². The molecule has 0 fully saturated rings. The van der Waals surface area contributed by atoms with Crippen LogP contribution in [0.3, 0.4) is 0 Å². The van der Waals surface area contributed by atoms with E-state index in [0.717, 1.165) is 0 Å². The Hall–Kier alpha value is -1.56. The van der Waals surface area contributed by atoms with Crippen LogP contribution in [0.15, 0.2) is 30.3 Å². The fourth-order valence-electron chi connectivity index (χ4n) is 6.03. The highest BCUT2D eigenvalue weighted by molar-refractivity contribution is 5.70. The van der Waals surface area contributed by atoms with Gasteiger partial charge in [0, 0.05) is 0 Å². The number of benzene rings is 2. The molecule has 0 bridgehead atoms. The molecule has 0 heteroatoms. The zero-order valence-electron chi connectivity index (χ0n) is 25.9. The Bertz CT molecular complexity index is 831. The van der Waals surface area contributed by atoms with E-state index < -0.39 is 0 Å². The number of hydrogen-bond donors (Lipinski definition) is 0. The van der Waals surface area contributed by atoms with Crippen LogP contribution in [0.25, 0.3) is 11.1 Å². The molecule has 1 radical (unpaired) electrons. The topological polar surface area (TPSA) is 0 Å². The molecule has 0 atom stereocenters. The average Bonchev–Trinajstić information content (AvgIpc) is 2.94. The van der Waals surface area contributed by atoms with Crippen LogP contribution < -0.4 is 0 Å². The predicted octanol–water partition coefficient (Wildman–Crippen LogP) is 12.4. The predicted molar refractivity (Wildman–Crippen MR) is 171 cm³/mol. The first kappa shape index (κ1) is 32.7. The molecule has 0 amide bonds. The number of unbranched alkanes of at least 4 members (excludes halogenated alkanes) is 14. The molecule has 0 saturated heterocycles. The van der Waals surface area contributed by atoms with Gasteiger partial charge in [-0.1, -0.05) is 148 Å². The number of aryl methyl sites for hydroxylation is 1. The summed E-state index contributed by atoms with van der Waals surface area (Å²) in [5.41, 5.74) is 9.49. The fraction of sp³-hybridized carbons (Fsp3) is 0.684. The molecular weight excluding hydrogens is 456 g/mol. The first-order valence-electron chi connectivity index (χ1n) is 16.9. The molecule has 2 rings (SSSR count). The van der Waals surface area contributed by atoms with E-state index in [-0.39, 0.29) is 0 Å². The Morgan fingerprint density at radius 2 is 0.842 bits per heavy atom. The summed E-state index contributed by atoms with van der Waals surface area (Å²) in [4.78, 5) is 0. The van der Waals surface area contributed by atoms with Crippen LogP contribution in [0.1, 0.15) is 166 Å². The second kappa shape index (κ2) is 21.3. The van der Waals surface area contributed by atoms with E-state index in [4.69, 9.17) is 0 Å². The highest BCUT2D eigenvalue weighted by Gasteiger charge is 2.19. The first-order valence-corrected chi connectivity index (χ1v) is 16.9. The second-order valence-electron chi connectivity index (χ2n) is 11.7. The van der Waals surface area contributed by atoms with Crippen molar-refractivity contribution in [3.8, 4) is 11.1 Å². The van der Waals surface area contributed by atoms with Gasteiger partial charge in [0.05, 0.1) is 0 Å². The van der Waals surface area contributed by atoms with Gasteiger partial charge in [-0.15, -0.1) is 0 Å². The van der Waals surface area contributed by atoms with Crippen LogP contribution in [0.5, 0.6) is 0 Å². The van der Waals surface area contributed by atoms with Gasteiger partial charge in [-0.2, -0.15) is 0 Å². The Balaban J connectivity index is 2.45. The van der Waals surface area contributed by atoms with Gasteiger partial charge in [0.1, 0.15) is 0 Å². The van der Waals surface area contributed by atoms with Crippen LogP contribution >= 0.6 is 0 Å². The van der Waals surface area contributed by atoms with Gasteiger partial charge in [0.2, 0.25) is 0 Å². The fourth-order valence-corrected chi connectivity index (χ4v) is 6.03. The van der Waals surface area contributed by atoms with Crippen LogP contribution in [-0.4, -0.2) is 0 Å². The van der Waals surface area contributed by atoms with E-state index in [1.807, 2.05) is 0 Å². The summed E-state index contributed by atoms with van der Waals surface area (Å²) in [5.74, 6) is 0. The lowest BCUT2D eigenvalue weighted by Crippen LogP contribution is -2.09. The first-order chi connectivity index (χ1) is 18.8. The van der Waals surface area contributed by atoms with E-state index in [1.54, 1.807) is 22.3 Å². The highest BCUT2D eigenvalue weighted by atomic mass is 14.2. The summed E-state index contributed by atoms with van der Waals surface area (Å²) in [6.07, 6.45) is 29.4. The SMILES string of the molecule is CCCCCCCCc1c(CCCCC)[c]c(-c2ccccc2)c(CCCCC)c1CCCCCCCC. The molecular formula is C38H61. The Morgan fingerprint density at radius 3 is 1.42 bits per heavy atom. The maximum atomic E-state index is 4.10. The standard InChI is InChI=1S/C38H61/c1-5-9-13-15-17-24-29-35-34(28-20-11-7-3)32-38(33-26-22-19-23-27-33)37(30-21-12-8-4)36(35)31-25-18-16-14-10-6-2/h19,22-23,26-27H,5-18,20-21,24-25,28-31H2,1-4H3. The molecule has 213 valence electrons. The van der Waals surface area contributed by atoms with Crippen molar-refractivity contribution in [2.75, 3.05) is 0 Å². The van der Waals surface area contributed by atoms with Crippen molar-refractivity contribution in [3.63, 3.8) is 0 Å². The second-order valence-corrected chi connectivity index (χ2v) is 11.7. The number of rotatable bonds is 23. The van der Waals surface area contributed by atoms with Gasteiger partial charge in [0.15, 0.2) is 0 Å². The van der Waals surface area contributed by atoms with E-state index >= 15 is 0 Å². The molecule has 2 aromatic carbocycles. The molecule has 0 aliphatic carbocycles. The Labute approximate surface area is 238 Å². The zero-order chi connectivity index (χ0) is 27.3. The minimum Gasteiger partial charge on any atom is -0.0654 e. The largest absolute Gasteiger partial charge is 0.0654 e. The van der Waals surface area contributed by atoms with E-state index in [9.17, 15) is 0 Å². The molecule has 0 heterocycles. The maximum Gasteiger partial charge on any atom is -0.00584 e. The highest BCUT2D eigenvalue weighted by Crippen LogP contribution is 2.35. The molecule has 0 aliphatic heterocycles. The Kier molecular flexibility index (Phi) is 18.3. The van der Waals surface area contributed by atoms with Crippen molar-refractivity contribution in [2.24, 2.45) is 0 Å². The molecule has 0 N–H and O–H groups in total. The third-order valence-electron chi connectivity index (χ3n) is 8.35. The average molecular weight is 518 g/mol. The molecule has 0 saturated carbocycles. The molecule has 2 aromatic rings. The van der Waals surface area contributed by atoms with E-state index in [1.165, 1.54) is 152 Å². The summed E-state index contributed by atoms with van der Waals surface area (Å²) in [7, 11) is 0. The smallest absolute Gasteiger partial charge is 0.00584 e. The normalized spacial score (nSPS) is 11.4. The Morgan fingerprint density at radius 1 is 0.421 bits per heavy atom. The van der Waals surface area contributed by atoms with E-state index in [0.29, 0.717) is 0 Å². The molecule has 0 unspecified atom stereocenters. The van der Waals surface area contributed by atoms with Crippen molar-refractivity contribution in [3.05, 3.63) is 58.7 Å². The molecule has 0 aromatic heterocycles. The van der Waals surface area contributed by atoms with Crippen LogP contribution in [0, 0.1) is 6.07 Å². The van der Waals surface area contributed by atoms with Gasteiger partial charge >= 0.3 is 0 Å². The lowest BCUT2D eigenvalue weighted by atomic mass is 9.81. The molecule has 38 heavy (non-hydrogen) atoms. The summed E-state index contributed by atoms with van der Waals surface area (Å²) in [5, 5.41) is 0. The monoisotopic (exact) mass is 517 g/mol. The van der Waals surface area contributed by atoms with Gasteiger partial charge < -0.3 is 0 Å². The third kappa shape index (κ3) is 12.1. The minimum absolute atomic E-state index is 1.21. The van der Waals surface area contributed by atoms with Crippen molar-refractivity contribution in [1.29, 1.82) is 0 Å². The lowest BCUT2D eigenvalue weighted by Gasteiger charge is -2.23. The van der Waals surface area contributed by atoms with Crippen molar-refractivity contribution in [2.45, 2.75) is 169 Å². The van der Waals surface area contributed by atoms with E-state index in [2.05, 4.69) is 64.1 Å². The summed E-state index contributed by atoms with van der Waals surface area (Å²) >= 11 is 0. The quantitative estimate of drug-likeness (QED) is 0.129. The minimum atomic E-state index is 1.21. The third-order valence-corrected chi connectivity index (χ3v) is 8.35. The summed E-state index contributed by atoms with van der Waals surface area (Å²) in [6, 6.07) is 15.3. The summed E-state index contributed by atoms with van der Waals surface area (Å²) < 4.78 is 0. The molecule has 0 spiro atoms. The lowest BCUT2D eigenvalue weighted by molar-refractivity contribution is 0.595. The molecule has 0 aliphatic rings.